The molecule has 1 atom stereocenters. The third-order valence-electron chi connectivity index (χ3n) is 5.24. The van der Waals surface area contributed by atoms with Crippen LogP contribution in [0.1, 0.15) is 35.1 Å². The van der Waals surface area contributed by atoms with E-state index in [1.54, 1.807) is 49.4 Å². The number of carbonyl (C=O) groups is 2. The van der Waals surface area contributed by atoms with Gasteiger partial charge in [0.1, 0.15) is 19.0 Å². The Bertz CT molecular complexity index is 1120. The van der Waals surface area contributed by atoms with Crippen LogP contribution in [0.2, 0.25) is 0 Å². The number of hydrogen-bond donors (Lipinski definition) is 2. The number of fused-ring (bicyclic) bond motifs is 1. The van der Waals surface area contributed by atoms with E-state index >= 15 is 0 Å². The Balaban J connectivity index is 1.40. The van der Waals surface area contributed by atoms with Crippen molar-refractivity contribution in [3.63, 3.8) is 0 Å². The van der Waals surface area contributed by atoms with E-state index in [-0.39, 0.29) is 0 Å². The van der Waals surface area contributed by atoms with Crippen LogP contribution in [-0.4, -0.2) is 41.2 Å². The van der Waals surface area contributed by atoms with Crippen LogP contribution < -0.4 is 14.8 Å². The van der Waals surface area contributed by atoms with Crippen molar-refractivity contribution < 1.29 is 23.8 Å². The molecule has 0 saturated carbocycles. The molecule has 4 rings (SSSR count). The maximum atomic E-state index is 12.7. The number of aromatic nitrogens is 2. The predicted octanol–water partition coefficient (Wildman–Crippen LogP) is 4.04. The number of anilines is 1. The van der Waals surface area contributed by atoms with Crippen molar-refractivity contribution in [2.75, 3.05) is 18.5 Å². The number of imidazole rings is 1. The standard InChI is InChI=1S/C24H25N3O5/c1-4-19(23(28)27-18-9-10-20-21(13-18)31-12-11-30-20)32-24(29)17-7-5-16(6-8-17)22-25-14(2)15(3)26-22/h5-10,13,19H,4,11-12H2,1-3H3,(H,25,26)(H,27,28). The number of benzene rings is 2. The van der Waals surface area contributed by atoms with E-state index in [9.17, 15) is 9.59 Å². The summed E-state index contributed by atoms with van der Waals surface area (Å²) in [4.78, 5) is 33.0. The zero-order valence-electron chi connectivity index (χ0n) is 18.2. The third kappa shape index (κ3) is 4.59. The quantitative estimate of drug-likeness (QED) is 0.567. The number of H-pyrrole nitrogens is 1. The molecular weight excluding hydrogens is 410 g/mol. The molecule has 3 aromatic rings. The number of rotatable bonds is 6. The first-order valence-electron chi connectivity index (χ1n) is 10.5. The molecule has 32 heavy (non-hydrogen) atoms. The molecule has 166 valence electrons. The van der Waals surface area contributed by atoms with E-state index in [1.165, 1.54) is 0 Å². The summed E-state index contributed by atoms with van der Waals surface area (Å²) in [6, 6.07) is 12.1. The zero-order chi connectivity index (χ0) is 22.7. The molecule has 0 spiro atoms. The van der Waals surface area contributed by atoms with Crippen molar-refractivity contribution in [3.05, 3.63) is 59.4 Å². The van der Waals surface area contributed by atoms with Gasteiger partial charge >= 0.3 is 5.97 Å². The van der Waals surface area contributed by atoms with Crippen LogP contribution in [0.5, 0.6) is 11.5 Å². The van der Waals surface area contributed by atoms with Crippen LogP contribution in [-0.2, 0) is 9.53 Å². The number of amides is 1. The lowest BCUT2D eigenvalue weighted by atomic mass is 10.1. The molecule has 8 nitrogen and oxygen atoms in total. The van der Waals surface area contributed by atoms with Gasteiger partial charge in [-0.3, -0.25) is 4.79 Å². The van der Waals surface area contributed by atoms with E-state index in [4.69, 9.17) is 14.2 Å². The van der Waals surface area contributed by atoms with E-state index < -0.39 is 18.0 Å². The van der Waals surface area contributed by atoms with E-state index in [0.717, 1.165) is 22.8 Å². The summed E-state index contributed by atoms with van der Waals surface area (Å²) in [5, 5.41) is 2.77. The lowest BCUT2D eigenvalue weighted by Crippen LogP contribution is -2.32. The molecule has 1 aromatic heterocycles. The minimum Gasteiger partial charge on any atom is -0.486 e. The largest absolute Gasteiger partial charge is 0.486 e. The molecule has 2 N–H and O–H groups in total. The molecule has 2 aromatic carbocycles. The zero-order valence-corrected chi connectivity index (χ0v) is 18.2. The summed E-state index contributed by atoms with van der Waals surface area (Å²) in [5.74, 6) is 0.977. The molecule has 1 aliphatic rings. The van der Waals surface area contributed by atoms with Gasteiger partial charge in [0.15, 0.2) is 17.6 Å². The summed E-state index contributed by atoms with van der Waals surface area (Å²) in [6.45, 7) is 6.62. The third-order valence-corrected chi connectivity index (χ3v) is 5.24. The second-order valence-corrected chi connectivity index (χ2v) is 7.52. The van der Waals surface area contributed by atoms with Gasteiger partial charge in [-0.2, -0.15) is 0 Å². The maximum absolute atomic E-state index is 12.7. The molecule has 0 aliphatic carbocycles. The van der Waals surface area contributed by atoms with Crippen molar-refractivity contribution in [2.24, 2.45) is 0 Å². The fourth-order valence-electron chi connectivity index (χ4n) is 3.31. The predicted molar refractivity (Wildman–Crippen MR) is 119 cm³/mol. The molecule has 2 heterocycles. The number of aromatic amines is 1. The lowest BCUT2D eigenvalue weighted by molar-refractivity contribution is -0.124. The van der Waals surface area contributed by atoms with Gasteiger partial charge in [-0.1, -0.05) is 19.1 Å². The van der Waals surface area contributed by atoms with E-state index in [2.05, 4.69) is 15.3 Å². The van der Waals surface area contributed by atoms with Gasteiger partial charge in [0.25, 0.3) is 5.91 Å². The molecule has 1 amide bonds. The average molecular weight is 435 g/mol. The van der Waals surface area contributed by atoms with Crippen molar-refractivity contribution in [1.29, 1.82) is 0 Å². The number of ether oxygens (including phenoxy) is 3. The van der Waals surface area contributed by atoms with Gasteiger partial charge in [0, 0.05) is 23.0 Å². The number of aryl methyl sites for hydroxylation is 2. The maximum Gasteiger partial charge on any atom is 0.338 e. The Morgan fingerprint density at radius 2 is 1.81 bits per heavy atom. The monoisotopic (exact) mass is 435 g/mol. The van der Waals surface area contributed by atoms with Crippen molar-refractivity contribution in [1.82, 2.24) is 9.97 Å². The molecule has 8 heteroatoms. The summed E-state index contributed by atoms with van der Waals surface area (Å²) in [7, 11) is 0. The van der Waals surface area contributed by atoms with Gasteiger partial charge in [-0.25, -0.2) is 9.78 Å². The number of carbonyl (C=O) groups excluding carboxylic acids is 2. The Labute approximate surface area is 185 Å². The van der Waals surface area contributed by atoms with E-state index in [1.807, 2.05) is 13.8 Å². The van der Waals surface area contributed by atoms with Gasteiger partial charge in [0.2, 0.25) is 0 Å². The second-order valence-electron chi connectivity index (χ2n) is 7.52. The molecule has 0 bridgehead atoms. The van der Waals surface area contributed by atoms with Crippen molar-refractivity contribution >= 4 is 17.6 Å². The van der Waals surface area contributed by atoms with Crippen LogP contribution in [0.4, 0.5) is 5.69 Å². The minimum atomic E-state index is -0.925. The number of esters is 1. The first-order chi connectivity index (χ1) is 15.4. The summed E-state index contributed by atoms with van der Waals surface area (Å²) in [6.07, 6.45) is -0.587. The van der Waals surface area contributed by atoms with Crippen LogP contribution >= 0.6 is 0 Å². The van der Waals surface area contributed by atoms with Crippen LogP contribution in [0.25, 0.3) is 11.4 Å². The highest BCUT2D eigenvalue weighted by molar-refractivity contribution is 5.97. The fourth-order valence-corrected chi connectivity index (χ4v) is 3.31. The Morgan fingerprint density at radius 3 is 2.47 bits per heavy atom. The Kier molecular flexibility index (Phi) is 6.11. The Morgan fingerprint density at radius 1 is 1.09 bits per heavy atom. The SMILES string of the molecule is CCC(OC(=O)c1ccc(-c2nc(C)c(C)[nH]2)cc1)C(=O)Nc1ccc2c(c1)OCCO2. The molecule has 0 radical (unpaired) electrons. The lowest BCUT2D eigenvalue weighted by Gasteiger charge is -2.20. The van der Waals surface area contributed by atoms with Gasteiger partial charge in [-0.15, -0.1) is 0 Å². The number of nitrogens with zero attached hydrogens (tertiary/aromatic N) is 1. The normalized spacial score (nSPS) is 13.3. The summed E-state index contributed by atoms with van der Waals surface area (Å²) in [5.41, 5.74) is 3.69. The fraction of sp³-hybridized carbons (Fsp3) is 0.292. The number of hydrogen-bond acceptors (Lipinski definition) is 6. The van der Waals surface area contributed by atoms with Crippen molar-refractivity contribution in [2.45, 2.75) is 33.3 Å². The summed E-state index contributed by atoms with van der Waals surface area (Å²) < 4.78 is 16.5. The van der Waals surface area contributed by atoms with Crippen molar-refractivity contribution in [3.8, 4) is 22.9 Å². The average Bonchev–Trinajstić information content (AvgIpc) is 3.15. The first kappa shape index (κ1) is 21.4. The Hall–Kier alpha value is -3.81. The smallest absolute Gasteiger partial charge is 0.338 e. The van der Waals surface area contributed by atoms with Gasteiger partial charge in [0.05, 0.1) is 11.3 Å². The molecular formula is C24H25N3O5. The molecule has 0 fully saturated rings. The van der Waals surface area contributed by atoms with Crippen LogP contribution in [0.15, 0.2) is 42.5 Å². The van der Waals surface area contributed by atoms with Gasteiger partial charge < -0.3 is 24.5 Å². The van der Waals surface area contributed by atoms with Crippen LogP contribution in [0.3, 0.4) is 0 Å². The second kappa shape index (κ2) is 9.13. The minimum absolute atomic E-state index is 0.338. The highest BCUT2D eigenvalue weighted by atomic mass is 16.6. The number of nitrogens with one attached hydrogen (secondary N) is 2. The molecule has 1 unspecified atom stereocenters. The topological polar surface area (TPSA) is 103 Å². The van der Waals surface area contributed by atoms with Crippen LogP contribution in [0, 0.1) is 13.8 Å². The van der Waals surface area contributed by atoms with Gasteiger partial charge in [-0.05, 0) is 44.5 Å². The van der Waals surface area contributed by atoms with E-state index in [0.29, 0.717) is 42.4 Å². The highest BCUT2D eigenvalue weighted by Gasteiger charge is 2.23. The molecule has 0 saturated heterocycles. The molecule has 1 aliphatic heterocycles. The summed E-state index contributed by atoms with van der Waals surface area (Å²) >= 11 is 0. The first-order valence-corrected chi connectivity index (χ1v) is 10.5. The highest BCUT2D eigenvalue weighted by Crippen LogP contribution is 2.32.